The number of amides is 1. The predicted molar refractivity (Wildman–Crippen MR) is 104 cm³/mol. The van der Waals surface area contributed by atoms with Gasteiger partial charge in [0.05, 0.1) is 37.7 Å². The first-order valence-corrected chi connectivity index (χ1v) is 8.77. The topological polar surface area (TPSA) is 76.2 Å². The molecule has 1 aromatic heterocycles. The van der Waals surface area contributed by atoms with E-state index in [2.05, 4.69) is 15.5 Å². The molecule has 1 heterocycles. The summed E-state index contributed by atoms with van der Waals surface area (Å²) < 4.78 is 23.9. The molecule has 0 radical (unpaired) electrons. The van der Waals surface area contributed by atoms with Gasteiger partial charge < -0.3 is 14.8 Å². The van der Waals surface area contributed by atoms with Crippen LogP contribution in [0.5, 0.6) is 11.5 Å². The smallest absolute Gasteiger partial charge is 0.255 e. The molecule has 1 atom stereocenters. The van der Waals surface area contributed by atoms with Crippen LogP contribution in [-0.4, -0.2) is 30.3 Å². The maximum Gasteiger partial charge on any atom is 0.255 e. The minimum Gasteiger partial charge on any atom is -0.493 e. The normalized spacial score (nSPS) is 11.8. The lowest BCUT2D eigenvalue weighted by Gasteiger charge is -2.19. The molecule has 28 heavy (non-hydrogen) atoms. The Kier molecular flexibility index (Phi) is 5.63. The number of rotatable bonds is 6. The number of benzene rings is 2. The summed E-state index contributed by atoms with van der Waals surface area (Å²) in [5.41, 5.74) is 3.48. The fourth-order valence-electron chi connectivity index (χ4n) is 3.11. The van der Waals surface area contributed by atoms with E-state index in [0.717, 1.165) is 11.1 Å². The first-order valence-electron chi connectivity index (χ1n) is 8.77. The van der Waals surface area contributed by atoms with Gasteiger partial charge in [0.15, 0.2) is 11.5 Å². The van der Waals surface area contributed by atoms with Crippen molar-refractivity contribution >= 4 is 5.91 Å². The van der Waals surface area contributed by atoms with Crippen molar-refractivity contribution in [2.45, 2.75) is 19.9 Å². The molecule has 0 bridgehead atoms. The Hall–Kier alpha value is -3.35. The van der Waals surface area contributed by atoms with Crippen LogP contribution in [0, 0.1) is 12.7 Å². The van der Waals surface area contributed by atoms with E-state index in [1.165, 1.54) is 18.3 Å². The SMILES string of the molecule is COc1cc(C)c(C(C)NC(=O)c2cn[nH]c2-c2ccc(F)cc2)cc1OC. The molecule has 0 saturated heterocycles. The fourth-order valence-corrected chi connectivity index (χ4v) is 3.11. The maximum absolute atomic E-state index is 13.2. The van der Waals surface area contributed by atoms with Crippen LogP contribution in [-0.2, 0) is 0 Å². The Morgan fingerprint density at radius 3 is 2.43 bits per heavy atom. The molecular weight excluding hydrogens is 361 g/mol. The van der Waals surface area contributed by atoms with Crippen LogP contribution in [0.4, 0.5) is 4.39 Å². The number of carbonyl (C=O) groups excluding carboxylic acids is 1. The van der Waals surface area contributed by atoms with Crippen molar-refractivity contribution in [1.82, 2.24) is 15.5 Å². The molecule has 0 spiro atoms. The number of nitrogens with one attached hydrogen (secondary N) is 2. The lowest BCUT2D eigenvalue weighted by Crippen LogP contribution is -2.27. The minimum atomic E-state index is -0.341. The van der Waals surface area contributed by atoms with Gasteiger partial charge in [-0.15, -0.1) is 0 Å². The molecule has 7 heteroatoms. The van der Waals surface area contributed by atoms with Gasteiger partial charge in [0.1, 0.15) is 5.82 Å². The van der Waals surface area contributed by atoms with Gasteiger partial charge in [0.25, 0.3) is 5.91 Å². The number of hydrogen-bond acceptors (Lipinski definition) is 4. The molecule has 0 aliphatic carbocycles. The summed E-state index contributed by atoms with van der Waals surface area (Å²) in [6.45, 7) is 3.84. The van der Waals surface area contributed by atoms with Gasteiger partial charge in [-0.1, -0.05) is 0 Å². The van der Waals surface area contributed by atoms with Gasteiger partial charge >= 0.3 is 0 Å². The van der Waals surface area contributed by atoms with Crippen LogP contribution >= 0.6 is 0 Å². The Bertz CT molecular complexity index is 983. The number of halogens is 1. The Morgan fingerprint density at radius 2 is 1.79 bits per heavy atom. The van der Waals surface area contributed by atoms with Gasteiger partial charge in [-0.2, -0.15) is 5.10 Å². The minimum absolute atomic E-state index is 0.275. The number of aryl methyl sites for hydroxylation is 1. The highest BCUT2D eigenvalue weighted by Crippen LogP contribution is 2.33. The molecule has 3 aromatic rings. The van der Waals surface area contributed by atoms with Crippen molar-refractivity contribution in [2.75, 3.05) is 14.2 Å². The van der Waals surface area contributed by atoms with E-state index in [1.54, 1.807) is 26.4 Å². The van der Waals surface area contributed by atoms with Crippen molar-refractivity contribution in [3.63, 3.8) is 0 Å². The fraction of sp³-hybridized carbons (Fsp3) is 0.238. The van der Waals surface area contributed by atoms with Gasteiger partial charge in [-0.3, -0.25) is 9.89 Å². The molecular formula is C21H22FN3O3. The summed E-state index contributed by atoms with van der Waals surface area (Å²) in [6.07, 6.45) is 1.46. The summed E-state index contributed by atoms with van der Waals surface area (Å²) in [5.74, 6) is 0.608. The van der Waals surface area contributed by atoms with Gasteiger partial charge in [0.2, 0.25) is 0 Å². The van der Waals surface area contributed by atoms with Crippen LogP contribution in [0.1, 0.15) is 34.5 Å². The third-order valence-corrected chi connectivity index (χ3v) is 4.60. The highest BCUT2D eigenvalue weighted by molar-refractivity contribution is 5.99. The van der Waals surface area contributed by atoms with E-state index in [4.69, 9.17) is 9.47 Å². The zero-order valence-electron chi connectivity index (χ0n) is 16.2. The Balaban J connectivity index is 1.84. The Morgan fingerprint density at radius 1 is 1.14 bits per heavy atom. The van der Waals surface area contributed by atoms with Crippen molar-refractivity contribution in [3.05, 3.63) is 65.1 Å². The molecule has 2 N–H and O–H groups in total. The van der Waals surface area contributed by atoms with Crippen LogP contribution in [0.25, 0.3) is 11.3 Å². The number of aromatic nitrogens is 2. The number of aromatic amines is 1. The molecule has 0 saturated carbocycles. The molecule has 2 aromatic carbocycles. The van der Waals surface area contributed by atoms with E-state index in [-0.39, 0.29) is 17.8 Å². The van der Waals surface area contributed by atoms with E-state index in [1.807, 2.05) is 26.0 Å². The molecule has 6 nitrogen and oxygen atoms in total. The van der Waals surface area contributed by atoms with E-state index >= 15 is 0 Å². The molecule has 3 rings (SSSR count). The standard InChI is InChI=1S/C21H22FN3O3/c1-12-9-18(27-3)19(28-4)10-16(12)13(2)24-21(26)17-11-23-25-20(17)14-5-7-15(22)8-6-14/h5-11,13H,1-4H3,(H,23,25)(H,24,26). The Labute approximate surface area is 162 Å². The quantitative estimate of drug-likeness (QED) is 0.674. The average Bonchev–Trinajstić information content (AvgIpc) is 3.18. The van der Waals surface area contributed by atoms with Crippen molar-refractivity contribution in [2.24, 2.45) is 0 Å². The summed E-state index contributed by atoms with van der Waals surface area (Å²) in [6, 6.07) is 9.33. The summed E-state index contributed by atoms with van der Waals surface area (Å²) in [5, 5.41) is 9.76. The van der Waals surface area contributed by atoms with Gasteiger partial charge in [-0.05, 0) is 61.4 Å². The lowest BCUT2D eigenvalue weighted by molar-refractivity contribution is 0.0940. The summed E-state index contributed by atoms with van der Waals surface area (Å²) >= 11 is 0. The largest absolute Gasteiger partial charge is 0.493 e. The van der Waals surface area contributed by atoms with Crippen LogP contribution in [0.2, 0.25) is 0 Å². The van der Waals surface area contributed by atoms with E-state index < -0.39 is 0 Å². The zero-order valence-corrected chi connectivity index (χ0v) is 16.2. The number of H-pyrrole nitrogens is 1. The van der Waals surface area contributed by atoms with Gasteiger partial charge in [-0.25, -0.2) is 4.39 Å². The number of nitrogens with zero attached hydrogens (tertiary/aromatic N) is 1. The summed E-state index contributed by atoms with van der Waals surface area (Å²) in [4.78, 5) is 12.8. The van der Waals surface area contributed by atoms with Crippen molar-refractivity contribution in [1.29, 1.82) is 0 Å². The van der Waals surface area contributed by atoms with Gasteiger partial charge in [0, 0.05) is 5.56 Å². The lowest BCUT2D eigenvalue weighted by atomic mass is 10.0. The maximum atomic E-state index is 13.2. The second kappa shape index (κ2) is 8.12. The van der Waals surface area contributed by atoms with Crippen LogP contribution in [0.15, 0.2) is 42.6 Å². The molecule has 146 valence electrons. The molecule has 0 fully saturated rings. The van der Waals surface area contributed by atoms with E-state index in [9.17, 15) is 9.18 Å². The average molecular weight is 383 g/mol. The first kappa shape index (κ1) is 19.4. The second-order valence-electron chi connectivity index (χ2n) is 6.42. The van der Waals surface area contributed by atoms with Crippen molar-refractivity contribution in [3.8, 4) is 22.8 Å². The third-order valence-electron chi connectivity index (χ3n) is 4.60. The van der Waals surface area contributed by atoms with Crippen LogP contribution in [0.3, 0.4) is 0 Å². The molecule has 1 amide bonds. The van der Waals surface area contributed by atoms with Crippen LogP contribution < -0.4 is 14.8 Å². The monoisotopic (exact) mass is 383 g/mol. The van der Waals surface area contributed by atoms with Crippen molar-refractivity contribution < 1.29 is 18.7 Å². The zero-order chi connectivity index (χ0) is 20.3. The number of hydrogen-bond donors (Lipinski definition) is 2. The number of carbonyl (C=O) groups is 1. The first-order chi connectivity index (χ1) is 13.4. The highest BCUT2D eigenvalue weighted by Gasteiger charge is 2.20. The highest BCUT2D eigenvalue weighted by atomic mass is 19.1. The summed E-state index contributed by atoms with van der Waals surface area (Å²) in [7, 11) is 3.15. The molecule has 1 unspecified atom stereocenters. The predicted octanol–water partition coefficient (Wildman–Crippen LogP) is 4.03. The number of methoxy groups -OCH3 is 2. The molecule has 0 aliphatic rings. The second-order valence-corrected chi connectivity index (χ2v) is 6.42. The molecule has 0 aliphatic heterocycles. The third kappa shape index (κ3) is 3.83. The van der Waals surface area contributed by atoms with E-state index in [0.29, 0.717) is 28.3 Å². The number of ether oxygens (including phenoxy) is 2.